The summed E-state index contributed by atoms with van der Waals surface area (Å²) in [4.78, 5) is 27.9. The molecule has 1 aliphatic heterocycles. The largest absolute Gasteiger partial charge is 0.486 e. The molecule has 0 spiro atoms. The number of ether oxygens (including phenoxy) is 3. The summed E-state index contributed by atoms with van der Waals surface area (Å²) in [5.41, 5.74) is 0.453. The van der Waals surface area contributed by atoms with Crippen molar-refractivity contribution in [3.05, 3.63) is 33.8 Å². The van der Waals surface area contributed by atoms with Gasteiger partial charge in [0.2, 0.25) is 0 Å². The smallest absolute Gasteiger partial charge is 0.357 e. The highest BCUT2D eigenvalue weighted by Gasteiger charge is 2.20. The van der Waals surface area contributed by atoms with Gasteiger partial charge < -0.3 is 14.2 Å². The van der Waals surface area contributed by atoms with E-state index in [9.17, 15) is 9.59 Å². The summed E-state index contributed by atoms with van der Waals surface area (Å²) in [6.07, 6.45) is 0. The number of esters is 1. The van der Waals surface area contributed by atoms with Gasteiger partial charge in [-0.1, -0.05) is 11.6 Å². The van der Waals surface area contributed by atoms with Crippen LogP contribution < -0.4 is 14.8 Å². The minimum absolute atomic E-state index is 0.150. The quantitative estimate of drug-likeness (QED) is 0.835. The van der Waals surface area contributed by atoms with Crippen LogP contribution in [-0.2, 0) is 4.74 Å². The van der Waals surface area contributed by atoms with Crippen LogP contribution in [0.25, 0.3) is 0 Å². The van der Waals surface area contributed by atoms with Crippen molar-refractivity contribution in [2.45, 2.75) is 6.92 Å². The molecule has 0 bridgehead atoms. The average molecular weight is 369 g/mol. The molecule has 3 rings (SSSR count). The molecule has 1 aromatic carbocycles. The molecule has 0 aliphatic carbocycles. The normalized spacial score (nSPS) is 12.6. The van der Waals surface area contributed by atoms with E-state index in [1.54, 1.807) is 13.0 Å². The molecule has 7 nitrogen and oxygen atoms in total. The van der Waals surface area contributed by atoms with E-state index in [0.717, 1.165) is 11.3 Å². The number of carbonyl (C=O) groups is 2. The summed E-state index contributed by atoms with van der Waals surface area (Å²) in [5.74, 6) is -0.0983. The van der Waals surface area contributed by atoms with Crippen molar-refractivity contribution in [3.63, 3.8) is 0 Å². The first-order valence-electron chi connectivity index (χ1n) is 7.11. The number of hydrogen-bond acceptors (Lipinski definition) is 7. The summed E-state index contributed by atoms with van der Waals surface area (Å²) in [7, 11) is 0. The number of carbonyl (C=O) groups excluding carboxylic acids is 2. The van der Waals surface area contributed by atoms with Gasteiger partial charge >= 0.3 is 5.97 Å². The Morgan fingerprint density at radius 2 is 2.17 bits per heavy atom. The number of nitrogens with zero attached hydrogens (tertiary/aromatic N) is 1. The van der Waals surface area contributed by atoms with Crippen molar-refractivity contribution in [1.29, 1.82) is 0 Å². The van der Waals surface area contributed by atoms with Crippen LogP contribution >= 0.6 is 22.9 Å². The van der Waals surface area contributed by atoms with Gasteiger partial charge in [0.1, 0.15) is 13.2 Å². The second-order valence-electron chi connectivity index (χ2n) is 4.69. The van der Waals surface area contributed by atoms with Crippen LogP contribution in [0.4, 0.5) is 5.13 Å². The number of aromatic nitrogens is 1. The summed E-state index contributed by atoms with van der Waals surface area (Å²) >= 11 is 7.24. The number of rotatable bonds is 4. The summed E-state index contributed by atoms with van der Waals surface area (Å²) in [5, 5.41) is 4.71. The number of amides is 1. The summed E-state index contributed by atoms with van der Waals surface area (Å²) < 4.78 is 15.7. The molecular weight excluding hydrogens is 356 g/mol. The Kier molecular flexibility index (Phi) is 4.86. The van der Waals surface area contributed by atoms with Crippen LogP contribution in [0, 0.1) is 0 Å². The number of thiazole rings is 1. The van der Waals surface area contributed by atoms with E-state index in [-0.39, 0.29) is 17.4 Å². The Morgan fingerprint density at radius 3 is 2.96 bits per heavy atom. The molecule has 2 aromatic rings. The first-order valence-corrected chi connectivity index (χ1v) is 8.37. The van der Waals surface area contributed by atoms with E-state index in [0.29, 0.717) is 35.3 Å². The topological polar surface area (TPSA) is 86.8 Å². The Balaban J connectivity index is 1.76. The zero-order valence-electron chi connectivity index (χ0n) is 12.6. The lowest BCUT2D eigenvalue weighted by molar-refractivity contribution is 0.0520. The molecule has 1 N–H and O–H groups in total. The molecule has 1 aromatic heterocycles. The fourth-order valence-electron chi connectivity index (χ4n) is 2.04. The van der Waals surface area contributed by atoms with Gasteiger partial charge in [0.25, 0.3) is 5.91 Å². The third-order valence-corrected chi connectivity index (χ3v) is 4.11. The predicted octanol–water partition coefficient (Wildman–Crippen LogP) is 3.00. The number of nitrogens with one attached hydrogen (secondary N) is 1. The SMILES string of the molecule is CCOC(=O)c1csc(NC(=O)c2cc(Cl)c3c(c2)OCCO3)n1. The summed E-state index contributed by atoms with van der Waals surface area (Å²) in [6.45, 7) is 2.77. The Morgan fingerprint density at radius 1 is 1.38 bits per heavy atom. The zero-order valence-corrected chi connectivity index (χ0v) is 14.2. The van der Waals surface area contributed by atoms with Crippen LogP contribution in [0.15, 0.2) is 17.5 Å². The van der Waals surface area contributed by atoms with Crippen LogP contribution in [0.3, 0.4) is 0 Å². The van der Waals surface area contributed by atoms with E-state index in [2.05, 4.69) is 10.3 Å². The standard InChI is InChI=1S/C15H13ClN2O5S/c1-2-21-14(20)10-7-24-15(17-10)18-13(19)8-5-9(16)12-11(6-8)22-3-4-23-12/h5-7H,2-4H2,1H3,(H,17,18,19). The Bertz CT molecular complexity index is 792. The van der Waals surface area contributed by atoms with Crippen LogP contribution in [0.2, 0.25) is 5.02 Å². The van der Waals surface area contributed by atoms with Gasteiger partial charge in [-0.3, -0.25) is 10.1 Å². The van der Waals surface area contributed by atoms with Gasteiger partial charge in [0.05, 0.1) is 11.6 Å². The second-order valence-corrected chi connectivity index (χ2v) is 5.96. The molecule has 2 heterocycles. The van der Waals surface area contributed by atoms with E-state index < -0.39 is 11.9 Å². The van der Waals surface area contributed by atoms with Crippen LogP contribution in [0.5, 0.6) is 11.5 Å². The molecule has 1 aliphatic rings. The van der Waals surface area contributed by atoms with Crippen molar-refractivity contribution < 1.29 is 23.8 Å². The fourth-order valence-corrected chi connectivity index (χ4v) is 2.98. The third kappa shape index (κ3) is 3.44. The van der Waals surface area contributed by atoms with E-state index in [4.69, 9.17) is 25.8 Å². The van der Waals surface area contributed by atoms with Crippen LogP contribution in [0.1, 0.15) is 27.8 Å². The van der Waals surface area contributed by atoms with Gasteiger partial charge in [-0.25, -0.2) is 9.78 Å². The van der Waals surface area contributed by atoms with Crippen molar-refractivity contribution in [3.8, 4) is 11.5 Å². The molecule has 9 heteroatoms. The average Bonchev–Trinajstić information content (AvgIpc) is 3.03. The maximum atomic E-state index is 12.3. The Labute approximate surface area is 146 Å². The highest BCUT2D eigenvalue weighted by atomic mass is 35.5. The third-order valence-electron chi connectivity index (χ3n) is 3.07. The van der Waals surface area contributed by atoms with Gasteiger partial charge in [0.15, 0.2) is 22.3 Å². The maximum absolute atomic E-state index is 12.3. The van der Waals surface area contributed by atoms with Crippen molar-refractivity contribution in [2.75, 3.05) is 25.1 Å². The van der Waals surface area contributed by atoms with E-state index in [1.807, 2.05) is 0 Å². The molecule has 0 saturated heterocycles. The fraction of sp³-hybridized carbons (Fsp3) is 0.267. The molecule has 0 unspecified atom stereocenters. The van der Waals surface area contributed by atoms with E-state index >= 15 is 0 Å². The maximum Gasteiger partial charge on any atom is 0.357 e. The Hall–Kier alpha value is -2.32. The molecule has 24 heavy (non-hydrogen) atoms. The first-order chi connectivity index (χ1) is 11.6. The molecule has 126 valence electrons. The molecule has 0 radical (unpaired) electrons. The minimum Gasteiger partial charge on any atom is -0.486 e. The van der Waals surface area contributed by atoms with Crippen molar-refractivity contribution in [2.24, 2.45) is 0 Å². The number of hydrogen-bond donors (Lipinski definition) is 1. The van der Waals surface area contributed by atoms with Crippen molar-refractivity contribution in [1.82, 2.24) is 4.98 Å². The lowest BCUT2D eigenvalue weighted by atomic mass is 10.2. The lowest BCUT2D eigenvalue weighted by Gasteiger charge is -2.20. The van der Waals surface area contributed by atoms with Gasteiger partial charge in [-0.2, -0.15) is 0 Å². The molecular formula is C15H13ClN2O5S. The second kappa shape index (κ2) is 7.06. The molecule has 0 atom stereocenters. The molecule has 0 fully saturated rings. The minimum atomic E-state index is -0.531. The number of benzene rings is 1. The molecule has 0 saturated carbocycles. The van der Waals surface area contributed by atoms with E-state index in [1.165, 1.54) is 11.4 Å². The predicted molar refractivity (Wildman–Crippen MR) is 88.5 cm³/mol. The monoisotopic (exact) mass is 368 g/mol. The first kappa shape index (κ1) is 16.5. The molecule has 1 amide bonds. The summed E-state index contributed by atoms with van der Waals surface area (Å²) in [6, 6.07) is 3.04. The lowest BCUT2D eigenvalue weighted by Crippen LogP contribution is -2.17. The number of fused-ring (bicyclic) bond motifs is 1. The van der Waals surface area contributed by atoms with Gasteiger partial charge in [-0.05, 0) is 19.1 Å². The van der Waals surface area contributed by atoms with Crippen LogP contribution in [-0.4, -0.2) is 36.7 Å². The zero-order chi connectivity index (χ0) is 17.1. The number of anilines is 1. The van der Waals surface area contributed by atoms with Gasteiger partial charge in [0, 0.05) is 10.9 Å². The van der Waals surface area contributed by atoms with Gasteiger partial charge in [-0.15, -0.1) is 11.3 Å². The highest BCUT2D eigenvalue weighted by molar-refractivity contribution is 7.14. The highest BCUT2D eigenvalue weighted by Crippen LogP contribution is 2.38. The number of halogens is 1. The van der Waals surface area contributed by atoms with Crippen molar-refractivity contribution >= 4 is 39.9 Å².